The number of halogens is 1. The number of rotatable bonds is 2. The first kappa shape index (κ1) is 12.9. The van der Waals surface area contributed by atoms with Crippen LogP contribution in [0.25, 0.3) is 11.3 Å². The van der Waals surface area contributed by atoms with E-state index in [1.165, 1.54) is 29.7 Å². The molecular formula is C15H18BrN3. The summed E-state index contributed by atoms with van der Waals surface area (Å²) in [6.45, 7) is 3.29. The Bertz CT molecular complexity index is 597. The summed E-state index contributed by atoms with van der Waals surface area (Å²) in [5.41, 5.74) is 4.88. The highest BCUT2D eigenvalue weighted by molar-refractivity contribution is 9.10. The highest BCUT2D eigenvalue weighted by Gasteiger charge is 2.24. The van der Waals surface area contributed by atoms with Gasteiger partial charge in [0.05, 0.1) is 11.4 Å². The van der Waals surface area contributed by atoms with Crippen molar-refractivity contribution >= 4 is 15.9 Å². The van der Waals surface area contributed by atoms with Gasteiger partial charge in [-0.2, -0.15) is 5.10 Å². The van der Waals surface area contributed by atoms with Crippen LogP contribution in [0, 0.1) is 6.92 Å². The number of nitrogens with one attached hydrogen (secondary N) is 1. The molecule has 0 amide bonds. The van der Waals surface area contributed by atoms with Crippen LogP contribution in [0.4, 0.5) is 0 Å². The fraction of sp³-hybridized carbons (Fsp3) is 0.400. The number of aryl methyl sites for hydroxylation is 1. The summed E-state index contributed by atoms with van der Waals surface area (Å²) in [5.74, 6) is 0. The van der Waals surface area contributed by atoms with Gasteiger partial charge in [-0.15, -0.1) is 0 Å². The summed E-state index contributed by atoms with van der Waals surface area (Å²) >= 11 is 3.53. The fourth-order valence-electron chi connectivity index (χ4n) is 2.96. The molecule has 1 aromatic carbocycles. The summed E-state index contributed by atoms with van der Waals surface area (Å²) in [4.78, 5) is 0. The number of nitrogens with zero attached hydrogens (tertiary/aromatic N) is 2. The van der Waals surface area contributed by atoms with Crippen molar-refractivity contribution in [3.05, 3.63) is 40.0 Å². The van der Waals surface area contributed by atoms with Gasteiger partial charge in [-0.1, -0.05) is 28.1 Å². The minimum Gasteiger partial charge on any atom is -0.309 e. The lowest BCUT2D eigenvalue weighted by Gasteiger charge is -2.11. The van der Waals surface area contributed by atoms with Crippen molar-refractivity contribution in [1.29, 1.82) is 0 Å². The van der Waals surface area contributed by atoms with Crippen molar-refractivity contribution in [3.8, 4) is 11.3 Å². The first-order chi connectivity index (χ1) is 9.16. The second-order valence-electron chi connectivity index (χ2n) is 5.14. The molecule has 0 bridgehead atoms. The monoisotopic (exact) mass is 319 g/mol. The van der Waals surface area contributed by atoms with Gasteiger partial charge in [0.25, 0.3) is 0 Å². The van der Waals surface area contributed by atoms with E-state index in [2.05, 4.69) is 46.4 Å². The largest absolute Gasteiger partial charge is 0.309 e. The van der Waals surface area contributed by atoms with E-state index >= 15 is 0 Å². The van der Waals surface area contributed by atoms with Crippen LogP contribution < -0.4 is 5.32 Å². The van der Waals surface area contributed by atoms with E-state index in [0.29, 0.717) is 6.04 Å². The van der Waals surface area contributed by atoms with E-state index < -0.39 is 0 Å². The third kappa shape index (κ3) is 2.35. The van der Waals surface area contributed by atoms with Crippen LogP contribution in [0.15, 0.2) is 28.7 Å². The van der Waals surface area contributed by atoms with Crippen molar-refractivity contribution < 1.29 is 0 Å². The predicted octanol–water partition coefficient (Wildman–Crippen LogP) is 3.58. The van der Waals surface area contributed by atoms with Crippen molar-refractivity contribution in [1.82, 2.24) is 15.1 Å². The van der Waals surface area contributed by atoms with Gasteiger partial charge < -0.3 is 5.32 Å². The Kier molecular flexibility index (Phi) is 3.46. The quantitative estimate of drug-likeness (QED) is 0.916. The molecule has 0 spiro atoms. The fourth-order valence-corrected chi connectivity index (χ4v) is 3.36. The zero-order chi connectivity index (χ0) is 13.4. The number of aromatic nitrogens is 2. The average molecular weight is 320 g/mol. The Balaban J connectivity index is 2.06. The summed E-state index contributed by atoms with van der Waals surface area (Å²) in [7, 11) is 2.05. The molecule has 1 aliphatic heterocycles. The van der Waals surface area contributed by atoms with Gasteiger partial charge in [0, 0.05) is 23.1 Å². The molecule has 1 aliphatic rings. The van der Waals surface area contributed by atoms with E-state index in [1.807, 2.05) is 17.8 Å². The average Bonchev–Trinajstić information content (AvgIpc) is 2.98. The minimum atomic E-state index is 0.457. The molecule has 2 heterocycles. The van der Waals surface area contributed by atoms with Crippen LogP contribution in [-0.2, 0) is 7.05 Å². The number of hydrogen-bond donors (Lipinski definition) is 1. The lowest BCUT2D eigenvalue weighted by atomic mass is 10.0. The van der Waals surface area contributed by atoms with Crippen LogP contribution in [0.1, 0.15) is 30.1 Å². The smallest absolute Gasteiger partial charge is 0.0956 e. The minimum absolute atomic E-state index is 0.457. The van der Waals surface area contributed by atoms with Gasteiger partial charge in [0.15, 0.2) is 0 Å². The normalized spacial score (nSPS) is 19.0. The van der Waals surface area contributed by atoms with Gasteiger partial charge in [0.2, 0.25) is 0 Å². The van der Waals surface area contributed by atoms with Gasteiger partial charge in [-0.05, 0) is 44.0 Å². The molecule has 19 heavy (non-hydrogen) atoms. The topological polar surface area (TPSA) is 29.9 Å². The molecule has 3 nitrogen and oxygen atoms in total. The van der Waals surface area contributed by atoms with Crippen LogP contribution in [0.5, 0.6) is 0 Å². The molecule has 4 heteroatoms. The lowest BCUT2D eigenvalue weighted by molar-refractivity contribution is 0.571. The third-order valence-corrected chi connectivity index (χ3v) is 4.32. The first-order valence-corrected chi connectivity index (χ1v) is 7.49. The second kappa shape index (κ2) is 5.10. The van der Waals surface area contributed by atoms with E-state index in [0.717, 1.165) is 16.7 Å². The maximum Gasteiger partial charge on any atom is 0.0956 e. The maximum absolute atomic E-state index is 4.72. The Morgan fingerprint density at radius 3 is 2.95 bits per heavy atom. The van der Waals surface area contributed by atoms with Crippen molar-refractivity contribution in [2.75, 3.05) is 6.54 Å². The van der Waals surface area contributed by atoms with E-state index in [-0.39, 0.29) is 0 Å². The first-order valence-electron chi connectivity index (χ1n) is 6.69. The molecule has 1 unspecified atom stereocenters. The molecule has 1 saturated heterocycles. The van der Waals surface area contributed by atoms with Gasteiger partial charge >= 0.3 is 0 Å². The second-order valence-corrected chi connectivity index (χ2v) is 6.06. The van der Waals surface area contributed by atoms with E-state index in [4.69, 9.17) is 5.10 Å². The molecular weight excluding hydrogens is 302 g/mol. The zero-order valence-corrected chi connectivity index (χ0v) is 12.9. The molecule has 100 valence electrons. The molecule has 0 aliphatic carbocycles. The van der Waals surface area contributed by atoms with Crippen LogP contribution in [0.3, 0.4) is 0 Å². The summed E-state index contributed by atoms with van der Waals surface area (Å²) in [5, 5.41) is 8.28. The van der Waals surface area contributed by atoms with Crippen LogP contribution >= 0.6 is 15.9 Å². The molecule has 1 atom stereocenters. The standard InChI is InChI=1S/C15H18BrN3/c1-10-14(11-5-3-6-12(16)9-11)18-19(2)15(10)13-7-4-8-17-13/h3,5-6,9,13,17H,4,7-8H2,1-2H3. The third-order valence-electron chi connectivity index (χ3n) is 3.83. The molecule has 1 N–H and O–H groups in total. The maximum atomic E-state index is 4.72. The van der Waals surface area contributed by atoms with Gasteiger partial charge in [-0.3, -0.25) is 4.68 Å². The zero-order valence-electron chi connectivity index (χ0n) is 11.3. The molecule has 2 aromatic rings. The van der Waals surface area contributed by atoms with Gasteiger partial charge in [0.1, 0.15) is 0 Å². The van der Waals surface area contributed by atoms with Crippen LogP contribution in [-0.4, -0.2) is 16.3 Å². The highest BCUT2D eigenvalue weighted by Crippen LogP contribution is 2.32. The predicted molar refractivity (Wildman–Crippen MR) is 81.1 cm³/mol. The van der Waals surface area contributed by atoms with E-state index in [1.54, 1.807) is 0 Å². The SMILES string of the molecule is Cc1c(-c2cccc(Br)c2)nn(C)c1C1CCCN1. The Morgan fingerprint density at radius 2 is 2.26 bits per heavy atom. The van der Waals surface area contributed by atoms with E-state index in [9.17, 15) is 0 Å². The molecule has 3 rings (SSSR count). The summed E-state index contributed by atoms with van der Waals surface area (Å²) in [6, 6.07) is 8.80. The Morgan fingerprint density at radius 1 is 1.42 bits per heavy atom. The highest BCUT2D eigenvalue weighted by atomic mass is 79.9. The summed E-state index contributed by atoms with van der Waals surface area (Å²) < 4.78 is 3.13. The molecule has 1 fully saturated rings. The lowest BCUT2D eigenvalue weighted by Crippen LogP contribution is -2.17. The molecule has 0 saturated carbocycles. The van der Waals surface area contributed by atoms with Crippen molar-refractivity contribution in [3.63, 3.8) is 0 Å². The van der Waals surface area contributed by atoms with Crippen LogP contribution in [0.2, 0.25) is 0 Å². The molecule has 0 radical (unpaired) electrons. The molecule has 1 aromatic heterocycles. The van der Waals surface area contributed by atoms with Gasteiger partial charge in [-0.25, -0.2) is 0 Å². The Hall–Kier alpha value is -1.13. The number of hydrogen-bond acceptors (Lipinski definition) is 2. The number of benzene rings is 1. The van der Waals surface area contributed by atoms with Crippen molar-refractivity contribution in [2.45, 2.75) is 25.8 Å². The van der Waals surface area contributed by atoms with Crippen molar-refractivity contribution in [2.24, 2.45) is 7.05 Å². The Labute approximate surface area is 122 Å². The summed E-state index contributed by atoms with van der Waals surface area (Å²) in [6.07, 6.45) is 2.46.